The summed E-state index contributed by atoms with van der Waals surface area (Å²) in [6, 6.07) is 7.76. The molecule has 1 aliphatic carbocycles. The first-order valence-corrected chi connectivity index (χ1v) is 9.58. The quantitative estimate of drug-likeness (QED) is 0.565. The van der Waals surface area contributed by atoms with Crippen LogP contribution >= 0.6 is 0 Å². The number of H-pyrrole nitrogens is 2. The van der Waals surface area contributed by atoms with Crippen LogP contribution < -0.4 is 5.69 Å². The number of imidazole rings is 1. The number of fused-ring (bicyclic) bond motifs is 1. The van der Waals surface area contributed by atoms with Gasteiger partial charge in [0.1, 0.15) is 0 Å². The molecule has 0 saturated heterocycles. The van der Waals surface area contributed by atoms with E-state index in [9.17, 15) is 4.79 Å². The number of aromatic amines is 2. The molecule has 0 unspecified atom stereocenters. The Hall–Kier alpha value is -3.36. The van der Waals surface area contributed by atoms with E-state index in [4.69, 9.17) is 4.98 Å². The number of benzene rings is 1. The summed E-state index contributed by atoms with van der Waals surface area (Å²) in [7, 11) is 0. The fraction of sp³-hybridized carbons (Fsp3) is 0.368. The van der Waals surface area contributed by atoms with Crippen molar-refractivity contribution in [2.45, 2.75) is 38.6 Å². The SMILES string of the molecule is O=c1[nH]c2ncc(-c3cccc(-c4nnn[nH]4)c3)nc2n1CC1CCCCC1. The van der Waals surface area contributed by atoms with Gasteiger partial charge in [-0.25, -0.2) is 19.9 Å². The zero-order valence-electron chi connectivity index (χ0n) is 15.3. The smallest absolute Gasteiger partial charge is 0.289 e. The maximum absolute atomic E-state index is 12.5. The Morgan fingerprint density at radius 3 is 2.82 bits per heavy atom. The zero-order chi connectivity index (χ0) is 18.9. The van der Waals surface area contributed by atoms with Crippen LogP contribution in [0.4, 0.5) is 0 Å². The van der Waals surface area contributed by atoms with E-state index in [0.717, 1.165) is 11.1 Å². The molecule has 9 nitrogen and oxygen atoms in total. The van der Waals surface area contributed by atoms with Gasteiger partial charge in [-0.05, 0) is 35.3 Å². The van der Waals surface area contributed by atoms with Crippen LogP contribution in [0.3, 0.4) is 0 Å². The van der Waals surface area contributed by atoms with Gasteiger partial charge in [-0.2, -0.15) is 0 Å². The van der Waals surface area contributed by atoms with Gasteiger partial charge in [0.05, 0.1) is 11.9 Å². The van der Waals surface area contributed by atoms with Crippen molar-refractivity contribution in [3.05, 3.63) is 40.9 Å². The first-order chi connectivity index (χ1) is 13.8. The highest BCUT2D eigenvalue weighted by Crippen LogP contribution is 2.26. The molecule has 0 aliphatic heterocycles. The number of nitrogens with zero attached hydrogens (tertiary/aromatic N) is 6. The summed E-state index contributed by atoms with van der Waals surface area (Å²) in [5.41, 5.74) is 3.46. The second kappa shape index (κ2) is 6.99. The second-order valence-electron chi connectivity index (χ2n) is 7.30. The van der Waals surface area contributed by atoms with E-state index >= 15 is 0 Å². The Labute approximate surface area is 160 Å². The van der Waals surface area contributed by atoms with E-state index in [-0.39, 0.29) is 5.69 Å². The predicted octanol–water partition coefficient (Wildman–Crippen LogP) is 2.55. The van der Waals surface area contributed by atoms with Gasteiger partial charge in [-0.3, -0.25) is 9.55 Å². The summed E-state index contributed by atoms with van der Waals surface area (Å²) in [6.07, 6.45) is 7.78. The lowest BCUT2D eigenvalue weighted by Crippen LogP contribution is -2.23. The van der Waals surface area contributed by atoms with Crippen molar-refractivity contribution in [1.29, 1.82) is 0 Å². The maximum Gasteiger partial charge on any atom is 0.328 e. The molecule has 5 rings (SSSR count). The van der Waals surface area contributed by atoms with Crippen LogP contribution in [0.5, 0.6) is 0 Å². The average Bonchev–Trinajstić information content (AvgIpc) is 3.37. The minimum atomic E-state index is -0.140. The van der Waals surface area contributed by atoms with Crippen LogP contribution in [0, 0.1) is 5.92 Å². The molecule has 1 saturated carbocycles. The third kappa shape index (κ3) is 3.08. The lowest BCUT2D eigenvalue weighted by Gasteiger charge is -2.21. The van der Waals surface area contributed by atoms with Gasteiger partial charge in [-0.15, -0.1) is 5.10 Å². The number of hydrogen-bond acceptors (Lipinski definition) is 6. The van der Waals surface area contributed by atoms with E-state index in [1.54, 1.807) is 10.8 Å². The molecule has 1 fully saturated rings. The lowest BCUT2D eigenvalue weighted by atomic mass is 9.89. The van der Waals surface area contributed by atoms with Gasteiger partial charge in [0, 0.05) is 17.7 Å². The van der Waals surface area contributed by atoms with Gasteiger partial charge >= 0.3 is 5.69 Å². The van der Waals surface area contributed by atoms with Gasteiger partial charge in [-0.1, -0.05) is 37.5 Å². The predicted molar refractivity (Wildman–Crippen MR) is 103 cm³/mol. The monoisotopic (exact) mass is 376 g/mol. The number of hydrogen-bond donors (Lipinski definition) is 2. The Morgan fingerprint density at radius 1 is 1.14 bits per heavy atom. The van der Waals surface area contributed by atoms with Crippen molar-refractivity contribution < 1.29 is 0 Å². The Kier molecular flexibility index (Phi) is 4.19. The second-order valence-corrected chi connectivity index (χ2v) is 7.30. The van der Waals surface area contributed by atoms with Crippen molar-refractivity contribution in [3.63, 3.8) is 0 Å². The molecule has 1 aromatic carbocycles. The molecule has 0 amide bonds. The molecule has 3 heterocycles. The largest absolute Gasteiger partial charge is 0.328 e. The van der Waals surface area contributed by atoms with E-state index < -0.39 is 0 Å². The Balaban J connectivity index is 1.53. The standard InChI is InChI=1S/C19H20N8O/c28-19-22-17-18(27(19)11-12-5-2-1-3-6-12)21-15(10-20-17)13-7-4-8-14(9-13)16-23-25-26-24-16/h4,7-10,12H,1-3,5-6,11H2,(H,20,22,28)(H,23,24,25,26). The van der Waals surface area contributed by atoms with E-state index in [0.29, 0.717) is 35.3 Å². The highest BCUT2D eigenvalue weighted by Gasteiger charge is 2.18. The fourth-order valence-electron chi connectivity index (χ4n) is 3.96. The summed E-state index contributed by atoms with van der Waals surface area (Å²) in [5.74, 6) is 1.12. The minimum Gasteiger partial charge on any atom is -0.289 e. The average molecular weight is 376 g/mol. The number of aromatic nitrogens is 8. The minimum absolute atomic E-state index is 0.140. The molecular weight excluding hydrogens is 356 g/mol. The van der Waals surface area contributed by atoms with Crippen molar-refractivity contribution in [2.24, 2.45) is 5.92 Å². The highest BCUT2D eigenvalue weighted by atomic mass is 16.1. The molecule has 0 bridgehead atoms. The van der Waals surface area contributed by atoms with Crippen molar-refractivity contribution in [1.82, 2.24) is 40.1 Å². The maximum atomic E-state index is 12.5. The highest BCUT2D eigenvalue weighted by molar-refractivity contribution is 5.73. The van der Waals surface area contributed by atoms with Crippen molar-refractivity contribution >= 4 is 11.3 Å². The molecular formula is C19H20N8O. The molecule has 9 heteroatoms. The van der Waals surface area contributed by atoms with Gasteiger partial charge in [0.25, 0.3) is 0 Å². The van der Waals surface area contributed by atoms with Crippen LogP contribution in [0.1, 0.15) is 32.1 Å². The fourth-order valence-corrected chi connectivity index (χ4v) is 3.96. The van der Waals surface area contributed by atoms with Gasteiger partial charge < -0.3 is 0 Å². The molecule has 4 aromatic rings. The topological polar surface area (TPSA) is 118 Å². The summed E-state index contributed by atoms with van der Waals surface area (Å²) in [5, 5.41) is 14.0. The first kappa shape index (κ1) is 16.8. The number of nitrogens with one attached hydrogen (secondary N) is 2. The third-order valence-corrected chi connectivity index (χ3v) is 5.42. The summed E-state index contributed by atoms with van der Waals surface area (Å²) < 4.78 is 1.74. The Morgan fingerprint density at radius 2 is 2.00 bits per heavy atom. The first-order valence-electron chi connectivity index (χ1n) is 9.58. The molecule has 28 heavy (non-hydrogen) atoms. The molecule has 142 valence electrons. The van der Waals surface area contributed by atoms with Crippen LogP contribution in [-0.4, -0.2) is 40.1 Å². The van der Waals surface area contributed by atoms with Crippen molar-refractivity contribution in [2.75, 3.05) is 0 Å². The van der Waals surface area contributed by atoms with Crippen LogP contribution in [0.2, 0.25) is 0 Å². The summed E-state index contributed by atoms with van der Waals surface area (Å²) >= 11 is 0. The van der Waals surface area contributed by atoms with E-state index in [1.807, 2.05) is 24.3 Å². The van der Waals surface area contributed by atoms with E-state index in [1.165, 1.54) is 32.1 Å². The molecule has 1 aliphatic rings. The normalized spacial score (nSPS) is 15.3. The number of rotatable bonds is 4. The van der Waals surface area contributed by atoms with Gasteiger partial charge in [0.15, 0.2) is 17.1 Å². The van der Waals surface area contributed by atoms with Gasteiger partial charge in [0.2, 0.25) is 0 Å². The molecule has 0 atom stereocenters. The Bertz CT molecular complexity index is 1150. The van der Waals surface area contributed by atoms with Crippen LogP contribution in [0.25, 0.3) is 33.9 Å². The molecule has 0 radical (unpaired) electrons. The molecule has 2 N–H and O–H groups in total. The van der Waals surface area contributed by atoms with Crippen molar-refractivity contribution in [3.8, 4) is 22.6 Å². The molecule has 0 spiro atoms. The number of tetrazole rings is 1. The molecule has 3 aromatic heterocycles. The third-order valence-electron chi connectivity index (χ3n) is 5.42. The van der Waals surface area contributed by atoms with Crippen LogP contribution in [-0.2, 0) is 6.54 Å². The summed E-state index contributed by atoms with van der Waals surface area (Å²) in [6.45, 7) is 0.695. The van der Waals surface area contributed by atoms with Crippen LogP contribution in [0.15, 0.2) is 35.3 Å². The zero-order valence-corrected chi connectivity index (χ0v) is 15.3. The summed E-state index contributed by atoms with van der Waals surface area (Å²) in [4.78, 5) is 24.5. The lowest BCUT2D eigenvalue weighted by molar-refractivity contribution is 0.319. The van der Waals surface area contributed by atoms with E-state index in [2.05, 4.69) is 30.6 Å².